The molecular formula is C17H24N2O3. The van der Waals surface area contributed by atoms with Crippen molar-refractivity contribution in [1.29, 1.82) is 0 Å². The van der Waals surface area contributed by atoms with E-state index >= 15 is 0 Å². The second-order valence-electron chi connectivity index (χ2n) is 5.78. The number of amides is 2. The van der Waals surface area contributed by atoms with Crippen LogP contribution in [-0.4, -0.2) is 41.6 Å². The van der Waals surface area contributed by atoms with E-state index < -0.39 is 11.9 Å². The monoisotopic (exact) mass is 304 g/mol. The van der Waals surface area contributed by atoms with Gasteiger partial charge in [0.05, 0.1) is 5.92 Å². The van der Waals surface area contributed by atoms with Crippen LogP contribution in [0.5, 0.6) is 0 Å². The Balaban J connectivity index is 1.76. The summed E-state index contributed by atoms with van der Waals surface area (Å²) in [6.07, 6.45) is 3.22. The van der Waals surface area contributed by atoms with Crippen LogP contribution in [0.3, 0.4) is 0 Å². The van der Waals surface area contributed by atoms with Crippen molar-refractivity contribution >= 4 is 12.0 Å². The lowest BCUT2D eigenvalue weighted by atomic mass is 9.99. The molecule has 1 aliphatic rings. The third-order valence-electron chi connectivity index (χ3n) is 4.18. The summed E-state index contributed by atoms with van der Waals surface area (Å²) in [5.41, 5.74) is 2.50. The van der Waals surface area contributed by atoms with E-state index in [9.17, 15) is 9.59 Å². The van der Waals surface area contributed by atoms with Gasteiger partial charge in [-0.15, -0.1) is 0 Å². The molecule has 1 unspecified atom stereocenters. The number of carbonyl (C=O) groups is 2. The highest BCUT2D eigenvalue weighted by atomic mass is 16.4. The maximum Gasteiger partial charge on any atom is 0.317 e. The normalized spacial score (nSPS) is 18.0. The fraction of sp³-hybridized carbons (Fsp3) is 0.529. The maximum atomic E-state index is 12.1. The summed E-state index contributed by atoms with van der Waals surface area (Å²) in [5.74, 6) is -1.24. The van der Waals surface area contributed by atoms with Gasteiger partial charge in [-0.05, 0) is 36.8 Å². The molecule has 1 aromatic carbocycles. The minimum atomic E-state index is -0.812. The van der Waals surface area contributed by atoms with Crippen LogP contribution in [0.25, 0.3) is 0 Å². The van der Waals surface area contributed by atoms with Crippen LogP contribution in [0, 0.1) is 5.92 Å². The average Bonchev–Trinajstić information content (AvgIpc) is 2.55. The van der Waals surface area contributed by atoms with Crippen LogP contribution in [0.4, 0.5) is 4.79 Å². The Bertz CT molecular complexity index is 513. The molecule has 5 nitrogen and oxygen atoms in total. The van der Waals surface area contributed by atoms with Gasteiger partial charge in [-0.3, -0.25) is 4.79 Å². The first-order valence-electron chi connectivity index (χ1n) is 7.93. The van der Waals surface area contributed by atoms with E-state index in [0.717, 1.165) is 19.3 Å². The first kappa shape index (κ1) is 16.3. The van der Waals surface area contributed by atoms with E-state index in [0.29, 0.717) is 26.1 Å². The van der Waals surface area contributed by atoms with Gasteiger partial charge in [-0.25, -0.2) is 4.79 Å². The quantitative estimate of drug-likeness (QED) is 0.877. The van der Waals surface area contributed by atoms with Crippen LogP contribution in [0.2, 0.25) is 0 Å². The summed E-state index contributed by atoms with van der Waals surface area (Å²) in [6, 6.07) is 8.24. The predicted molar refractivity (Wildman–Crippen MR) is 84.9 cm³/mol. The topological polar surface area (TPSA) is 69.6 Å². The van der Waals surface area contributed by atoms with Gasteiger partial charge in [-0.2, -0.15) is 0 Å². The largest absolute Gasteiger partial charge is 0.481 e. The molecule has 0 aliphatic carbocycles. The summed E-state index contributed by atoms with van der Waals surface area (Å²) in [6.45, 7) is 3.64. The lowest BCUT2D eigenvalue weighted by Crippen LogP contribution is -2.47. The van der Waals surface area contributed by atoms with Crippen molar-refractivity contribution in [3.8, 4) is 0 Å². The summed E-state index contributed by atoms with van der Waals surface area (Å²) in [4.78, 5) is 24.7. The van der Waals surface area contributed by atoms with Gasteiger partial charge in [0.1, 0.15) is 0 Å². The fourth-order valence-electron chi connectivity index (χ4n) is 2.73. The Morgan fingerprint density at radius 3 is 2.59 bits per heavy atom. The molecular weight excluding hydrogens is 280 g/mol. The van der Waals surface area contributed by atoms with Gasteiger partial charge in [0, 0.05) is 19.6 Å². The van der Waals surface area contributed by atoms with Crippen molar-refractivity contribution in [2.75, 3.05) is 19.6 Å². The van der Waals surface area contributed by atoms with E-state index in [1.165, 1.54) is 11.1 Å². The number of rotatable bonds is 5. The average molecular weight is 304 g/mol. The molecule has 0 saturated carbocycles. The SMILES string of the molecule is CCc1ccc(CCNC(=O)N2CCCC(C(=O)O)C2)cc1. The molecule has 0 radical (unpaired) electrons. The van der Waals surface area contributed by atoms with Crippen LogP contribution in [0.1, 0.15) is 30.9 Å². The highest BCUT2D eigenvalue weighted by Gasteiger charge is 2.27. The summed E-state index contributed by atoms with van der Waals surface area (Å²) in [5, 5.41) is 11.9. The first-order valence-corrected chi connectivity index (χ1v) is 7.93. The summed E-state index contributed by atoms with van der Waals surface area (Å²) in [7, 11) is 0. The molecule has 5 heteroatoms. The lowest BCUT2D eigenvalue weighted by Gasteiger charge is -2.30. The minimum absolute atomic E-state index is 0.156. The molecule has 1 heterocycles. The molecule has 1 aromatic rings. The number of nitrogens with one attached hydrogen (secondary N) is 1. The predicted octanol–water partition coefficient (Wildman–Crippen LogP) is 2.30. The van der Waals surface area contributed by atoms with E-state index in [2.05, 4.69) is 36.5 Å². The molecule has 0 spiro atoms. The van der Waals surface area contributed by atoms with Gasteiger partial charge >= 0.3 is 12.0 Å². The van der Waals surface area contributed by atoms with E-state index in [4.69, 9.17) is 5.11 Å². The smallest absolute Gasteiger partial charge is 0.317 e. The van der Waals surface area contributed by atoms with Gasteiger partial charge < -0.3 is 15.3 Å². The number of aliphatic carboxylic acids is 1. The van der Waals surface area contributed by atoms with E-state index in [1.807, 2.05) is 0 Å². The second kappa shape index (κ2) is 7.82. The molecule has 2 rings (SSSR count). The van der Waals surface area contributed by atoms with Gasteiger partial charge in [0.25, 0.3) is 0 Å². The Labute approximate surface area is 131 Å². The Kier molecular flexibility index (Phi) is 5.81. The Morgan fingerprint density at radius 2 is 1.95 bits per heavy atom. The molecule has 0 aromatic heterocycles. The first-order chi connectivity index (χ1) is 10.6. The molecule has 22 heavy (non-hydrogen) atoms. The summed E-state index contributed by atoms with van der Waals surface area (Å²) < 4.78 is 0. The van der Waals surface area contributed by atoms with Gasteiger partial charge in [-0.1, -0.05) is 31.2 Å². The zero-order valence-electron chi connectivity index (χ0n) is 13.0. The molecule has 0 bridgehead atoms. The number of carboxylic acid groups (broad SMARTS) is 1. The van der Waals surface area contributed by atoms with E-state index in [1.54, 1.807) is 4.90 Å². The van der Waals surface area contributed by atoms with E-state index in [-0.39, 0.29) is 6.03 Å². The molecule has 1 aliphatic heterocycles. The summed E-state index contributed by atoms with van der Waals surface area (Å²) >= 11 is 0. The number of nitrogens with zero attached hydrogens (tertiary/aromatic N) is 1. The maximum absolute atomic E-state index is 12.1. The Hall–Kier alpha value is -2.04. The van der Waals surface area contributed by atoms with Crippen molar-refractivity contribution in [3.05, 3.63) is 35.4 Å². The molecule has 1 saturated heterocycles. The van der Waals surface area contributed by atoms with Crippen LogP contribution < -0.4 is 5.32 Å². The van der Waals surface area contributed by atoms with Crippen molar-refractivity contribution in [3.63, 3.8) is 0 Å². The standard InChI is InChI=1S/C17H24N2O3/c1-2-13-5-7-14(8-6-13)9-10-18-17(22)19-11-3-4-15(12-19)16(20)21/h5-8,15H,2-4,9-12H2,1H3,(H,18,22)(H,20,21). The van der Waals surface area contributed by atoms with Crippen LogP contribution >= 0.6 is 0 Å². The third kappa shape index (κ3) is 4.48. The third-order valence-corrected chi connectivity index (χ3v) is 4.18. The number of carbonyl (C=O) groups excluding carboxylic acids is 1. The minimum Gasteiger partial charge on any atom is -0.481 e. The molecule has 2 amide bonds. The second-order valence-corrected chi connectivity index (χ2v) is 5.78. The number of hydrogen-bond donors (Lipinski definition) is 2. The molecule has 1 fully saturated rings. The van der Waals surface area contributed by atoms with Crippen molar-refractivity contribution in [2.45, 2.75) is 32.6 Å². The lowest BCUT2D eigenvalue weighted by molar-refractivity contribution is -0.143. The molecule has 2 N–H and O–H groups in total. The van der Waals surface area contributed by atoms with Crippen molar-refractivity contribution in [1.82, 2.24) is 10.2 Å². The Morgan fingerprint density at radius 1 is 1.27 bits per heavy atom. The highest BCUT2D eigenvalue weighted by Crippen LogP contribution is 2.16. The van der Waals surface area contributed by atoms with Gasteiger partial charge in [0.15, 0.2) is 0 Å². The number of urea groups is 1. The molecule has 1 atom stereocenters. The number of benzene rings is 1. The zero-order chi connectivity index (χ0) is 15.9. The highest BCUT2D eigenvalue weighted by molar-refractivity contribution is 5.76. The number of aryl methyl sites for hydroxylation is 1. The van der Waals surface area contributed by atoms with Crippen molar-refractivity contribution in [2.24, 2.45) is 5.92 Å². The number of piperidine rings is 1. The number of likely N-dealkylation sites (tertiary alicyclic amines) is 1. The number of hydrogen-bond acceptors (Lipinski definition) is 2. The van der Waals surface area contributed by atoms with Gasteiger partial charge in [0.2, 0.25) is 0 Å². The zero-order valence-corrected chi connectivity index (χ0v) is 13.0. The van der Waals surface area contributed by atoms with Crippen molar-refractivity contribution < 1.29 is 14.7 Å². The van der Waals surface area contributed by atoms with Crippen LogP contribution in [-0.2, 0) is 17.6 Å². The van der Waals surface area contributed by atoms with Crippen LogP contribution in [0.15, 0.2) is 24.3 Å². The fourth-order valence-corrected chi connectivity index (χ4v) is 2.73. The number of carboxylic acids is 1. The molecule has 120 valence electrons.